The number of nitrogens with zero attached hydrogens (tertiary/aromatic N) is 4. The summed E-state index contributed by atoms with van der Waals surface area (Å²) in [6, 6.07) is 12.0. The van der Waals surface area contributed by atoms with E-state index in [9.17, 15) is 0 Å². The fourth-order valence-electron chi connectivity index (χ4n) is 2.53. The van der Waals surface area contributed by atoms with Gasteiger partial charge in [-0.05, 0) is 31.2 Å². The Morgan fingerprint density at radius 3 is 2.76 bits per heavy atom. The molecule has 108 valence electrons. The highest BCUT2D eigenvalue weighted by molar-refractivity contribution is 5.55. The molecule has 0 saturated carbocycles. The summed E-state index contributed by atoms with van der Waals surface area (Å²) in [5.41, 5.74) is 9.89. The van der Waals surface area contributed by atoms with Crippen LogP contribution in [0, 0.1) is 6.92 Å². The third-order valence-electron chi connectivity index (χ3n) is 3.51. The summed E-state index contributed by atoms with van der Waals surface area (Å²) in [6.45, 7) is 3.16. The molecule has 0 radical (unpaired) electrons. The van der Waals surface area contributed by atoms with E-state index in [4.69, 9.17) is 5.73 Å². The topological polar surface area (TPSA) is 59.5 Å². The van der Waals surface area contributed by atoms with Crippen LogP contribution in [-0.2, 0) is 13.1 Å². The molecule has 0 unspecified atom stereocenters. The first-order chi connectivity index (χ1) is 10.2. The molecule has 0 aromatic carbocycles. The average Bonchev–Trinajstić information content (AvgIpc) is 2.86. The zero-order valence-electron chi connectivity index (χ0n) is 12.3. The number of imidazole rings is 1. The Morgan fingerprint density at radius 2 is 2.00 bits per heavy atom. The first-order valence-electron chi connectivity index (χ1n) is 6.98. The molecule has 0 aliphatic carbocycles. The van der Waals surface area contributed by atoms with Gasteiger partial charge in [0.2, 0.25) is 0 Å². The maximum atomic E-state index is 5.91. The molecule has 0 atom stereocenters. The third-order valence-corrected chi connectivity index (χ3v) is 3.51. The van der Waals surface area contributed by atoms with Crippen molar-refractivity contribution in [1.29, 1.82) is 0 Å². The molecule has 3 rings (SSSR count). The number of rotatable bonds is 4. The molecule has 3 heterocycles. The van der Waals surface area contributed by atoms with Gasteiger partial charge in [-0.15, -0.1) is 0 Å². The van der Waals surface area contributed by atoms with Crippen molar-refractivity contribution >= 4 is 11.5 Å². The van der Waals surface area contributed by atoms with E-state index in [1.807, 2.05) is 61.0 Å². The number of pyridine rings is 2. The summed E-state index contributed by atoms with van der Waals surface area (Å²) < 4.78 is 2.04. The first-order valence-corrected chi connectivity index (χ1v) is 6.98. The zero-order valence-corrected chi connectivity index (χ0v) is 12.3. The second-order valence-corrected chi connectivity index (χ2v) is 5.14. The monoisotopic (exact) mass is 281 g/mol. The minimum absolute atomic E-state index is 0.450. The number of aryl methyl sites for hydroxylation is 1. The van der Waals surface area contributed by atoms with Crippen molar-refractivity contribution in [1.82, 2.24) is 14.4 Å². The second-order valence-electron chi connectivity index (χ2n) is 5.14. The molecule has 3 aromatic rings. The minimum Gasteiger partial charge on any atom is -0.352 e. The van der Waals surface area contributed by atoms with Crippen LogP contribution >= 0.6 is 0 Å². The Morgan fingerprint density at radius 1 is 1.14 bits per heavy atom. The van der Waals surface area contributed by atoms with Gasteiger partial charge in [-0.1, -0.05) is 12.1 Å². The SMILES string of the molecule is Cc1cccc(CN(C)c2nc3ccccn3c2CN)n1. The Balaban J connectivity index is 1.95. The highest BCUT2D eigenvalue weighted by Crippen LogP contribution is 2.21. The predicted octanol–water partition coefficient (Wildman–Crippen LogP) is 2.13. The van der Waals surface area contributed by atoms with Crippen molar-refractivity contribution in [2.75, 3.05) is 11.9 Å². The van der Waals surface area contributed by atoms with Crippen LogP contribution in [0.4, 0.5) is 5.82 Å². The van der Waals surface area contributed by atoms with Crippen LogP contribution in [-0.4, -0.2) is 21.4 Å². The molecule has 0 saturated heterocycles. The standard InChI is InChI=1S/C16H19N5/c1-12-6-5-7-13(18-12)11-20(2)16-14(10-17)21-9-4-3-8-15(21)19-16/h3-9H,10-11,17H2,1-2H3. The minimum atomic E-state index is 0.450. The molecule has 3 aromatic heterocycles. The Labute approximate surface area is 124 Å². The highest BCUT2D eigenvalue weighted by atomic mass is 15.2. The van der Waals surface area contributed by atoms with Gasteiger partial charge in [-0.3, -0.25) is 4.98 Å². The summed E-state index contributed by atoms with van der Waals surface area (Å²) in [5.74, 6) is 0.909. The summed E-state index contributed by atoms with van der Waals surface area (Å²) in [4.78, 5) is 11.3. The zero-order chi connectivity index (χ0) is 14.8. The van der Waals surface area contributed by atoms with Gasteiger partial charge in [0.15, 0.2) is 5.82 Å². The van der Waals surface area contributed by atoms with Crippen LogP contribution in [0.1, 0.15) is 17.1 Å². The van der Waals surface area contributed by atoms with Crippen molar-refractivity contribution in [3.8, 4) is 0 Å². The van der Waals surface area contributed by atoms with E-state index < -0.39 is 0 Å². The maximum absolute atomic E-state index is 5.91. The largest absolute Gasteiger partial charge is 0.352 e. The maximum Gasteiger partial charge on any atom is 0.152 e. The molecular weight excluding hydrogens is 262 g/mol. The highest BCUT2D eigenvalue weighted by Gasteiger charge is 2.14. The van der Waals surface area contributed by atoms with Crippen LogP contribution < -0.4 is 10.6 Å². The van der Waals surface area contributed by atoms with Gasteiger partial charge in [-0.25, -0.2) is 4.98 Å². The van der Waals surface area contributed by atoms with Crippen LogP contribution in [0.3, 0.4) is 0 Å². The molecular formula is C16H19N5. The molecule has 0 fully saturated rings. The summed E-state index contributed by atoms with van der Waals surface area (Å²) in [7, 11) is 2.02. The summed E-state index contributed by atoms with van der Waals surface area (Å²) in [5, 5.41) is 0. The van der Waals surface area contributed by atoms with Crippen LogP contribution in [0.2, 0.25) is 0 Å². The molecule has 0 amide bonds. The number of aromatic nitrogens is 3. The summed E-state index contributed by atoms with van der Waals surface area (Å²) >= 11 is 0. The van der Waals surface area contributed by atoms with Gasteiger partial charge >= 0.3 is 0 Å². The molecule has 0 spiro atoms. The predicted molar refractivity (Wildman–Crippen MR) is 84.2 cm³/mol. The van der Waals surface area contributed by atoms with Crippen molar-refractivity contribution in [3.63, 3.8) is 0 Å². The van der Waals surface area contributed by atoms with E-state index in [0.29, 0.717) is 13.1 Å². The lowest BCUT2D eigenvalue weighted by atomic mass is 10.3. The molecule has 0 aliphatic rings. The van der Waals surface area contributed by atoms with E-state index in [1.165, 1.54) is 0 Å². The smallest absolute Gasteiger partial charge is 0.152 e. The molecule has 5 heteroatoms. The fraction of sp³-hybridized carbons (Fsp3) is 0.250. The third kappa shape index (κ3) is 2.60. The Kier molecular flexibility index (Phi) is 3.58. The van der Waals surface area contributed by atoms with E-state index in [-0.39, 0.29) is 0 Å². The Bertz CT molecular complexity index is 762. The van der Waals surface area contributed by atoms with Crippen LogP contribution in [0.5, 0.6) is 0 Å². The molecule has 5 nitrogen and oxygen atoms in total. The number of fused-ring (bicyclic) bond motifs is 1. The first kappa shape index (κ1) is 13.6. The number of anilines is 1. The van der Waals surface area contributed by atoms with E-state index in [2.05, 4.69) is 14.9 Å². The molecule has 0 aliphatic heterocycles. The van der Waals surface area contributed by atoms with Crippen molar-refractivity contribution in [2.24, 2.45) is 5.73 Å². The van der Waals surface area contributed by atoms with Crippen molar-refractivity contribution in [2.45, 2.75) is 20.0 Å². The Hall–Kier alpha value is -2.40. The second kappa shape index (κ2) is 5.54. The van der Waals surface area contributed by atoms with E-state index in [1.54, 1.807) is 0 Å². The summed E-state index contributed by atoms with van der Waals surface area (Å²) in [6.07, 6.45) is 1.99. The normalized spacial score (nSPS) is 11.0. The van der Waals surface area contributed by atoms with Gasteiger partial charge in [-0.2, -0.15) is 0 Å². The van der Waals surface area contributed by atoms with Gasteiger partial charge in [0, 0.05) is 25.5 Å². The van der Waals surface area contributed by atoms with E-state index in [0.717, 1.165) is 28.5 Å². The molecule has 0 bridgehead atoms. The van der Waals surface area contributed by atoms with Gasteiger partial charge in [0.1, 0.15) is 5.65 Å². The lowest BCUT2D eigenvalue weighted by molar-refractivity contribution is 0.845. The lowest BCUT2D eigenvalue weighted by Gasteiger charge is -2.17. The molecule has 21 heavy (non-hydrogen) atoms. The number of hydrogen-bond donors (Lipinski definition) is 1. The quantitative estimate of drug-likeness (QED) is 0.796. The van der Waals surface area contributed by atoms with Crippen LogP contribution in [0.15, 0.2) is 42.6 Å². The van der Waals surface area contributed by atoms with Gasteiger partial charge < -0.3 is 15.0 Å². The van der Waals surface area contributed by atoms with Gasteiger partial charge in [0.25, 0.3) is 0 Å². The fourth-order valence-corrected chi connectivity index (χ4v) is 2.53. The van der Waals surface area contributed by atoms with Crippen LogP contribution in [0.25, 0.3) is 5.65 Å². The van der Waals surface area contributed by atoms with E-state index >= 15 is 0 Å². The number of nitrogens with two attached hydrogens (primary N) is 1. The lowest BCUT2D eigenvalue weighted by Crippen LogP contribution is -2.20. The van der Waals surface area contributed by atoms with Crippen molar-refractivity contribution < 1.29 is 0 Å². The number of hydrogen-bond acceptors (Lipinski definition) is 4. The van der Waals surface area contributed by atoms with Gasteiger partial charge in [0.05, 0.1) is 17.9 Å². The van der Waals surface area contributed by atoms with Crippen molar-refractivity contribution in [3.05, 3.63) is 59.7 Å². The average molecular weight is 281 g/mol. The molecule has 2 N–H and O–H groups in total.